The molecule has 0 aromatic heterocycles. The van der Waals surface area contributed by atoms with Crippen LogP contribution in [0.2, 0.25) is 5.02 Å². The van der Waals surface area contributed by atoms with Crippen molar-refractivity contribution in [3.05, 3.63) is 68.7 Å². The van der Waals surface area contributed by atoms with Crippen molar-refractivity contribution in [3.8, 4) is 0 Å². The highest BCUT2D eigenvalue weighted by Gasteiger charge is 2.24. The van der Waals surface area contributed by atoms with E-state index in [0.29, 0.717) is 12.1 Å². The van der Waals surface area contributed by atoms with Gasteiger partial charge in [0, 0.05) is 6.07 Å². The van der Waals surface area contributed by atoms with Crippen molar-refractivity contribution in [1.82, 2.24) is 0 Å². The maximum absolute atomic E-state index is 13.2. The Morgan fingerprint density at radius 3 is 2.50 bits per heavy atom. The summed E-state index contributed by atoms with van der Waals surface area (Å²) in [7, 11) is 0. The van der Waals surface area contributed by atoms with Crippen LogP contribution in [-0.4, -0.2) is 22.9 Å². The van der Waals surface area contributed by atoms with Crippen molar-refractivity contribution in [2.45, 2.75) is 13.0 Å². The molecular formula is C16H11ClF2N2O5. The summed E-state index contributed by atoms with van der Waals surface area (Å²) in [5.74, 6) is -4.56. The number of para-hydroxylation sites is 2. The molecule has 0 saturated carbocycles. The second-order valence-electron chi connectivity index (χ2n) is 5.06. The van der Waals surface area contributed by atoms with Crippen LogP contribution in [0.15, 0.2) is 36.4 Å². The number of ether oxygens (including phenoxy) is 1. The van der Waals surface area contributed by atoms with E-state index in [0.717, 1.165) is 0 Å². The van der Waals surface area contributed by atoms with Crippen LogP contribution in [0.1, 0.15) is 17.3 Å². The number of amides is 1. The molecule has 0 aliphatic heterocycles. The smallest absolute Gasteiger partial charge is 0.340 e. The lowest BCUT2D eigenvalue weighted by Gasteiger charge is -2.14. The van der Waals surface area contributed by atoms with Gasteiger partial charge in [-0.25, -0.2) is 13.6 Å². The first-order valence-corrected chi connectivity index (χ1v) is 7.48. The van der Waals surface area contributed by atoms with Gasteiger partial charge in [-0.2, -0.15) is 0 Å². The third-order valence-electron chi connectivity index (χ3n) is 3.24. The molecule has 26 heavy (non-hydrogen) atoms. The summed E-state index contributed by atoms with van der Waals surface area (Å²) in [6, 6.07) is 6.53. The first kappa shape index (κ1) is 19.3. The predicted molar refractivity (Wildman–Crippen MR) is 88.0 cm³/mol. The molecule has 2 aromatic rings. The summed E-state index contributed by atoms with van der Waals surface area (Å²) in [6.07, 6.45) is -1.38. The number of nitrogens with one attached hydrogen (secondary N) is 1. The number of nitrogens with zero attached hydrogens (tertiary/aromatic N) is 1. The zero-order valence-electron chi connectivity index (χ0n) is 13.2. The molecule has 0 saturated heterocycles. The Hall–Kier alpha value is -3.07. The second-order valence-corrected chi connectivity index (χ2v) is 5.46. The van der Waals surface area contributed by atoms with Gasteiger partial charge in [0.1, 0.15) is 5.69 Å². The molecule has 0 heterocycles. The molecule has 136 valence electrons. The fraction of sp³-hybridized carbons (Fsp3) is 0.125. The molecule has 0 aliphatic rings. The SMILES string of the molecule is C[C@H](OC(=O)c1cc(F)c(F)cc1Cl)C(=O)Nc1ccccc1[N+](=O)[O-]. The summed E-state index contributed by atoms with van der Waals surface area (Å²) in [4.78, 5) is 34.3. The van der Waals surface area contributed by atoms with E-state index in [1.807, 2.05) is 0 Å². The molecule has 1 amide bonds. The van der Waals surface area contributed by atoms with Crippen LogP contribution in [0, 0.1) is 21.7 Å². The van der Waals surface area contributed by atoms with Crippen molar-refractivity contribution in [2.75, 3.05) is 5.32 Å². The molecule has 0 bridgehead atoms. The van der Waals surface area contributed by atoms with Gasteiger partial charge < -0.3 is 10.1 Å². The minimum Gasteiger partial charge on any atom is -0.449 e. The molecule has 0 fully saturated rings. The number of hydrogen-bond acceptors (Lipinski definition) is 5. The number of esters is 1. The van der Waals surface area contributed by atoms with Gasteiger partial charge in [0.25, 0.3) is 11.6 Å². The van der Waals surface area contributed by atoms with Crippen LogP contribution in [0.4, 0.5) is 20.2 Å². The Morgan fingerprint density at radius 1 is 1.23 bits per heavy atom. The van der Waals surface area contributed by atoms with Gasteiger partial charge in [-0.1, -0.05) is 23.7 Å². The molecule has 0 spiro atoms. The lowest BCUT2D eigenvalue weighted by Crippen LogP contribution is -2.30. The molecule has 1 N–H and O–H groups in total. The molecule has 0 radical (unpaired) electrons. The summed E-state index contributed by atoms with van der Waals surface area (Å²) >= 11 is 5.66. The molecule has 0 aliphatic carbocycles. The number of benzene rings is 2. The Kier molecular flexibility index (Phi) is 5.83. The monoisotopic (exact) mass is 384 g/mol. The zero-order chi connectivity index (χ0) is 19.4. The molecule has 10 heteroatoms. The molecule has 2 aromatic carbocycles. The number of nitro benzene ring substituents is 1. The first-order valence-electron chi connectivity index (χ1n) is 7.10. The molecule has 1 atom stereocenters. The highest BCUT2D eigenvalue weighted by Crippen LogP contribution is 2.24. The Bertz CT molecular complexity index is 891. The standard InChI is InChI=1S/C16H11ClF2N2O5/c1-8(15(22)20-13-4-2-3-5-14(13)21(24)25)26-16(23)9-6-11(18)12(19)7-10(9)17/h2-8H,1H3,(H,20,22)/t8-/m0/s1. The lowest BCUT2D eigenvalue weighted by atomic mass is 10.2. The Morgan fingerprint density at radius 2 is 1.85 bits per heavy atom. The number of hydrogen-bond donors (Lipinski definition) is 1. The van der Waals surface area contributed by atoms with Crippen LogP contribution in [0.3, 0.4) is 0 Å². The van der Waals surface area contributed by atoms with Gasteiger partial charge in [-0.15, -0.1) is 0 Å². The van der Waals surface area contributed by atoms with Crippen molar-refractivity contribution >= 4 is 34.9 Å². The third kappa shape index (κ3) is 4.31. The van der Waals surface area contributed by atoms with E-state index in [2.05, 4.69) is 5.32 Å². The number of carbonyl (C=O) groups excluding carboxylic acids is 2. The number of carbonyl (C=O) groups is 2. The molecule has 2 rings (SSSR count). The van der Waals surface area contributed by atoms with Crippen LogP contribution in [-0.2, 0) is 9.53 Å². The topological polar surface area (TPSA) is 98.5 Å². The minimum atomic E-state index is -1.38. The molecule has 7 nitrogen and oxygen atoms in total. The van der Waals surface area contributed by atoms with Gasteiger partial charge in [-0.3, -0.25) is 14.9 Å². The number of nitro groups is 1. The maximum Gasteiger partial charge on any atom is 0.340 e. The van der Waals surface area contributed by atoms with E-state index >= 15 is 0 Å². The minimum absolute atomic E-state index is 0.0868. The fourth-order valence-corrected chi connectivity index (χ4v) is 2.16. The second kappa shape index (κ2) is 7.87. The van der Waals surface area contributed by atoms with Crippen molar-refractivity contribution in [2.24, 2.45) is 0 Å². The average molecular weight is 385 g/mol. The third-order valence-corrected chi connectivity index (χ3v) is 3.55. The van der Waals surface area contributed by atoms with Gasteiger partial charge in [0.2, 0.25) is 0 Å². The van der Waals surface area contributed by atoms with Crippen LogP contribution < -0.4 is 5.32 Å². The molecular weight excluding hydrogens is 374 g/mol. The van der Waals surface area contributed by atoms with E-state index in [4.69, 9.17) is 16.3 Å². The van der Waals surface area contributed by atoms with Crippen LogP contribution >= 0.6 is 11.6 Å². The van der Waals surface area contributed by atoms with E-state index in [1.165, 1.54) is 31.2 Å². The quantitative estimate of drug-likeness (QED) is 0.366. The molecule has 0 unspecified atom stereocenters. The normalized spacial score (nSPS) is 11.5. The number of rotatable bonds is 5. The van der Waals surface area contributed by atoms with Gasteiger partial charge in [0.15, 0.2) is 17.7 Å². The van der Waals surface area contributed by atoms with Crippen LogP contribution in [0.5, 0.6) is 0 Å². The lowest BCUT2D eigenvalue weighted by molar-refractivity contribution is -0.383. The first-order chi connectivity index (χ1) is 12.2. The highest BCUT2D eigenvalue weighted by atomic mass is 35.5. The summed E-state index contributed by atoms with van der Waals surface area (Å²) in [5.41, 5.74) is -0.893. The number of halogens is 3. The van der Waals surface area contributed by atoms with Gasteiger partial charge in [0.05, 0.1) is 15.5 Å². The summed E-state index contributed by atoms with van der Waals surface area (Å²) in [5, 5.41) is 12.8. The van der Waals surface area contributed by atoms with E-state index in [9.17, 15) is 28.5 Å². The number of anilines is 1. The van der Waals surface area contributed by atoms with E-state index in [-0.39, 0.29) is 16.4 Å². The highest BCUT2D eigenvalue weighted by molar-refractivity contribution is 6.33. The van der Waals surface area contributed by atoms with Crippen molar-refractivity contribution in [1.29, 1.82) is 0 Å². The van der Waals surface area contributed by atoms with Gasteiger partial charge >= 0.3 is 5.97 Å². The van der Waals surface area contributed by atoms with E-state index in [1.54, 1.807) is 0 Å². The van der Waals surface area contributed by atoms with Crippen molar-refractivity contribution in [3.63, 3.8) is 0 Å². The Labute approximate surface area is 150 Å². The zero-order valence-corrected chi connectivity index (χ0v) is 13.9. The van der Waals surface area contributed by atoms with Crippen molar-refractivity contribution < 1.29 is 28.0 Å². The fourth-order valence-electron chi connectivity index (χ4n) is 1.93. The summed E-state index contributed by atoms with van der Waals surface area (Å²) in [6.45, 7) is 1.20. The Balaban J connectivity index is 2.11. The average Bonchev–Trinajstić information content (AvgIpc) is 2.58. The van der Waals surface area contributed by atoms with E-state index < -0.39 is 40.1 Å². The summed E-state index contributed by atoms with van der Waals surface area (Å²) < 4.78 is 31.1. The predicted octanol–water partition coefficient (Wildman–Crippen LogP) is 3.71. The maximum atomic E-state index is 13.2. The largest absolute Gasteiger partial charge is 0.449 e. The van der Waals surface area contributed by atoms with Crippen LogP contribution in [0.25, 0.3) is 0 Å². The van der Waals surface area contributed by atoms with Gasteiger partial charge in [-0.05, 0) is 25.1 Å².